The first-order valence-electron chi connectivity index (χ1n) is 6.66. The van der Waals surface area contributed by atoms with E-state index in [1.807, 2.05) is 24.3 Å². The largest absolute Gasteiger partial charge is 0.381 e. The maximum atomic E-state index is 10.8. The number of aryl methyl sites for hydroxylation is 1. The molecule has 0 radical (unpaired) electrons. The number of ether oxygens (including phenoxy) is 1. The van der Waals surface area contributed by atoms with Gasteiger partial charge in [-0.05, 0) is 30.2 Å². The van der Waals surface area contributed by atoms with Crippen LogP contribution in [-0.2, 0) is 17.9 Å². The van der Waals surface area contributed by atoms with E-state index >= 15 is 0 Å². The standard InChI is InChI=1S/C16H18N2O3/c1-12-9-15(7-8-16(12)18(19)20)17-10-13-3-5-14(6-4-13)11-21-2/h3-9,17H,10-11H2,1-2H3. The highest BCUT2D eigenvalue weighted by atomic mass is 16.6. The molecule has 0 atom stereocenters. The van der Waals surface area contributed by atoms with Gasteiger partial charge >= 0.3 is 0 Å². The smallest absolute Gasteiger partial charge is 0.272 e. The number of nitrogens with one attached hydrogen (secondary N) is 1. The maximum absolute atomic E-state index is 10.8. The summed E-state index contributed by atoms with van der Waals surface area (Å²) in [5, 5.41) is 14.0. The summed E-state index contributed by atoms with van der Waals surface area (Å²) in [6.07, 6.45) is 0. The van der Waals surface area contributed by atoms with Crippen LogP contribution in [0.25, 0.3) is 0 Å². The molecule has 2 aromatic carbocycles. The average Bonchev–Trinajstić information content (AvgIpc) is 2.46. The van der Waals surface area contributed by atoms with Gasteiger partial charge in [-0.2, -0.15) is 0 Å². The van der Waals surface area contributed by atoms with E-state index in [2.05, 4.69) is 5.32 Å². The van der Waals surface area contributed by atoms with Crippen molar-refractivity contribution in [3.8, 4) is 0 Å². The molecule has 0 saturated carbocycles. The van der Waals surface area contributed by atoms with Crippen molar-refractivity contribution in [1.82, 2.24) is 0 Å². The Bertz CT molecular complexity index is 624. The first kappa shape index (κ1) is 15.0. The first-order valence-corrected chi connectivity index (χ1v) is 6.66. The minimum Gasteiger partial charge on any atom is -0.381 e. The summed E-state index contributed by atoms with van der Waals surface area (Å²) >= 11 is 0. The van der Waals surface area contributed by atoms with E-state index in [0.29, 0.717) is 18.7 Å². The normalized spacial score (nSPS) is 10.4. The molecule has 0 unspecified atom stereocenters. The molecule has 5 heteroatoms. The number of rotatable bonds is 6. The van der Waals surface area contributed by atoms with Gasteiger partial charge in [-0.1, -0.05) is 24.3 Å². The Kier molecular flexibility index (Phi) is 4.90. The quantitative estimate of drug-likeness (QED) is 0.650. The SMILES string of the molecule is COCc1ccc(CNc2ccc([N+](=O)[O-])c(C)c2)cc1. The zero-order chi connectivity index (χ0) is 15.2. The van der Waals surface area contributed by atoms with Crippen LogP contribution in [0.4, 0.5) is 11.4 Å². The van der Waals surface area contributed by atoms with Crippen LogP contribution in [-0.4, -0.2) is 12.0 Å². The van der Waals surface area contributed by atoms with Crippen LogP contribution in [0.3, 0.4) is 0 Å². The van der Waals surface area contributed by atoms with Gasteiger partial charge in [0.15, 0.2) is 0 Å². The van der Waals surface area contributed by atoms with Crippen LogP contribution in [0.2, 0.25) is 0 Å². The lowest BCUT2D eigenvalue weighted by molar-refractivity contribution is -0.385. The number of nitro benzene ring substituents is 1. The van der Waals surface area contributed by atoms with Crippen LogP contribution >= 0.6 is 0 Å². The van der Waals surface area contributed by atoms with Gasteiger partial charge in [-0.25, -0.2) is 0 Å². The van der Waals surface area contributed by atoms with Gasteiger partial charge in [0.1, 0.15) is 0 Å². The number of methoxy groups -OCH3 is 1. The second-order valence-electron chi connectivity index (χ2n) is 4.86. The molecule has 0 saturated heterocycles. The highest BCUT2D eigenvalue weighted by Crippen LogP contribution is 2.22. The van der Waals surface area contributed by atoms with Gasteiger partial charge in [-0.15, -0.1) is 0 Å². The zero-order valence-electron chi connectivity index (χ0n) is 12.1. The van der Waals surface area contributed by atoms with Crippen molar-refractivity contribution in [1.29, 1.82) is 0 Å². The molecule has 110 valence electrons. The monoisotopic (exact) mass is 286 g/mol. The summed E-state index contributed by atoms with van der Waals surface area (Å²) in [6, 6.07) is 13.2. The molecule has 0 aliphatic carbocycles. The predicted octanol–water partition coefficient (Wildman–Crippen LogP) is 3.66. The highest BCUT2D eigenvalue weighted by Gasteiger charge is 2.09. The predicted molar refractivity (Wildman–Crippen MR) is 82.3 cm³/mol. The Morgan fingerprint density at radius 3 is 2.38 bits per heavy atom. The third kappa shape index (κ3) is 4.03. The summed E-state index contributed by atoms with van der Waals surface area (Å²) < 4.78 is 5.07. The molecule has 0 aliphatic rings. The third-order valence-corrected chi connectivity index (χ3v) is 3.22. The maximum Gasteiger partial charge on any atom is 0.272 e. The molecule has 0 heterocycles. The van der Waals surface area contributed by atoms with E-state index in [4.69, 9.17) is 4.74 Å². The van der Waals surface area contributed by atoms with E-state index in [1.54, 1.807) is 26.2 Å². The summed E-state index contributed by atoms with van der Waals surface area (Å²) in [7, 11) is 1.67. The number of nitro groups is 1. The molecule has 1 N–H and O–H groups in total. The van der Waals surface area contributed by atoms with E-state index in [-0.39, 0.29) is 10.6 Å². The van der Waals surface area contributed by atoms with Crippen LogP contribution in [0, 0.1) is 17.0 Å². The van der Waals surface area contributed by atoms with Gasteiger partial charge in [0.25, 0.3) is 5.69 Å². The van der Waals surface area contributed by atoms with Crippen LogP contribution < -0.4 is 5.32 Å². The average molecular weight is 286 g/mol. The van der Waals surface area contributed by atoms with E-state index in [0.717, 1.165) is 16.8 Å². The minimum atomic E-state index is -0.367. The Balaban J connectivity index is 1.99. The minimum absolute atomic E-state index is 0.143. The molecule has 0 spiro atoms. The first-order chi connectivity index (χ1) is 10.1. The fourth-order valence-corrected chi connectivity index (χ4v) is 2.09. The van der Waals surface area contributed by atoms with Crippen molar-refractivity contribution in [2.75, 3.05) is 12.4 Å². The van der Waals surface area contributed by atoms with Gasteiger partial charge in [-0.3, -0.25) is 10.1 Å². The number of hydrogen-bond acceptors (Lipinski definition) is 4. The molecule has 21 heavy (non-hydrogen) atoms. The van der Waals surface area contributed by atoms with E-state index < -0.39 is 0 Å². The van der Waals surface area contributed by atoms with Gasteiger partial charge < -0.3 is 10.1 Å². The second kappa shape index (κ2) is 6.85. The lowest BCUT2D eigenvalue weighted by Crippen LogP contribution is -2.01. The van der Waals surface area contributed by atoms with Crippen LogP contribution in [0.1, 0.15) is 16.7 Å². The second-order valence-corrected chi connectivity index (χ2v) is 4.86. The van der Waals surface area contributed by atoms with Crippen molar-refractivity contribution >= 4 is 11.4 Å². The summed E-state index contributed by atoms with van der Waals surface area (Å²) in [6.45, 7) is 3.02. The molecular formula is C16H18N2O3. The topological polar surface area (TPSA) is 64.4 Å². The van der Waals surface area contributed by atoms with Gasteiger partial charge in [0, 0.05) is 31.0 Å². The van der Waals surface area contributed by atoms with Crippen molar-refractivity contribution in [3.05, 3.63) is 69.3 Å². The lowest BCUT2D eigenvalue weighted by Gasteiger charge is -2.08. The lowest BCUT2D eigenvalue weighted by atomic mass is 10.1. The molecular weight excluding hydrogens is 268 g/mol. The Morgan fingerprint density at radius 2 is 1.81 bits per heavy atom. The number of benzene rings is 2. The third-order valence-electron chi connectivity index (χ3n) is 3.22. The number of nitrogens with zero attached hydrogens (tertiary/aromatic N) is 1. The van der Waals surface area contributed by atoms with Crippen molar-refractivity contribution in [3.63, 3.8) is 0 Å². The summed E-state index contributed by atoms with van der Waals surface area (Å²) in [5.74, 6) is 0. The summed E-state index contributed by atoms with van der Waals surface area (Å²) in [5.41, 5.74) is 3.95. The summed E-state index contributed by atoms with van der Waals surface area (Å²) in [4.78, 5) is 10.4. The fraction of sp³-hybridized carbons (Fsp3) is 0.250. The number of hydrogen-bond donors (Lipinski definition) is 1. The fourth-order valence-electron chi connectivity index (χ4n) is 2.09. The molecule has 5 nitrogen and oxygen atoms in total. The highest BCUT2D eigenvalue weighted by molar-refractivity contribution is 5.53. The molecule has 2 aromatic rings. The zero-order valence-corrected chi connectivity index (χ0v) is 12.1. The van der Waals surface area contributed by atoms with E-state index in [9.17, 15) is 10.1 Å². The van der Waals surface area contributed by atoms with E-state index in [1.165, 1.54) is 6.07 Å². The molecule has 0 amide bonds. The Morgan fingerprint density at radius 1 is 1.14 bits per heavy atom. The Hall–Kier alpha value is -2.40. The van der Waals surface area contributed by atoms with Crippen molar-refractivity contribution in [2.45, 2.75) is 20.1 Å². The molecule has 2 rings (SSSR count). The van der Waals surface area contributed by atoms with Crippen molar-refractivity contribution in [2.24, 2.45) is 0 Å². The number of anilines is 1. The van der Waals surface area contributed by atoms with Crippen LogP contribution in [0.5, 0.6) is 0 Å². The Labute approximate surface area is 123 Å². The van der Waals surface area contributed by atoms with Gasteiger partial charge in [0.2, 0.25) is 0 Å². The molecule has 0 fully saturated rings. The van der Waals surface area contributed by atoms with Crippen LogP contribution in [0.15, 0.2) is 42.5 Å². The molecule has 0 aromatic heterocycles. The van der Waals surface area contributed by atoms with Gasteiger partial charge in [0.05, 0.1) is 11.5 Å². The van der Waals surface area contributed by atoms with Crippen molar-refractivity contribution < 1.29 is 9.66 Å². The molecule has 0 aliphatic heterocycles. The molecule has 0 bridgehead atoms.